The van der Waals surface area contributed by atoms with Crippen molar-refractivity contribution in [2.45, 2.75) is 6.54 Å². The van der Waals surface area contributed by atoms with Crippen molar-refractivity contribution in [3.63, 3.8) is 0 Å². The fourth-order valence-electron chi connectivity index (χ4n) is 3.20. The average molecular weight is 355 g/mol. The molecular formula is C20H18FNO4. The molecular weight excluding hydrogens is 337 g/mol. The molecule has 1 N–H and O–H groups in total. The van der Waals surface area contributed by atoms with Gasteiger partial charge in [-0.3, -0.25) is 4.90 Å². The maximum Gasteiger partial charge on any atom is 0.344 e. The Morgan fingerprint density at radius 3 is 2.54 bits per heavy atom. The highest BCUT2D eigenvalue weighted by Gasteiger charge is 2.18. The highest BCUT2D eigenvalue weighted by atomic mass is 19.1. The average Bonchev–Trinajstić information content (AvgIpc) is 2.66. The summed E-state index contributed by atoms with van der Waals surface area (Å²) in [5, 5.41) is 11.0. The van der Waals surface area contributed by atoms with Crippen LogP contribution in [0.4, 0.5) is 4.39 Å². The predicted octanol–water partition coefficient (Wildman–Crippen LogP) is 3.14. The molecule has 1 aromatic heterocycles. The molecule has 1 fully saturated rings. The lowest BCUT2D eigenvalue weighted by Gasteiger charge is -2.27. The molecule has 0 saturated carbocycles. The van der Waals surface area contributed by atoms with Crippen LogP contribution in [0.15, 0.2) is 51.7 Å². The predicted molar refractivity (Wildman–Crippen MR) is 95.6 cm³/mol. The quantitative estimate of drug-likeness (QED) is 0.732. The number of hydrogen-bond donors (Lipinski definition) is 1. The van der Waals surface area contributed by atoms with Gasteiger partial charge in [-0.2, -0.15) is 0 Å². The molecule has 0 atom stereocenters. The Bertz CT molecular complexity index is 991. The fourth-order valence-corrected chi connectivity index (χ4v) is 3.20. The Hall–Kier alpha value is -2.70. The van der Waals surface area contributed by atoms with Gasteiger partial charge in [0.25, 0.3) is 0 Å². The zero-order valence-electron chi connectivity index (χ0n) is 14.1. The van der Waals surface area contributed by atoms with Crippen molar-refractivity contribution in [1.82, 2.24) is 4.90 Å². The van der Waals surface area contributed by atoms with Gasteiger partial charge in [0.1, 0.15) is 17.1 Å². The smallest absolute Gasteiger partial charge is 0.344 e. The minimum Gasteiger partial charge on any atom is -0.507 e. The Morgan fingerprint density at radius 2 is 1.81 bits per heavy atom. The highest BCUT2D eigenvalue weighted by Crippen LogP contribution is 2.30. The molecule has 1 aliphatic heterocycles. The van der Waals surface area contributed by atoms with E-state index < -0.39 is 5.63 Å². The molecule has 4 rings (SSSR count). The van der Waals surface area contributed by atoms with Crippen molar-refractivity contribution in [3.8, 4) is 16.9 Å². The summed E-state index contributed by atoms with van der Waals surface area (Å²) in [5.41, 5.74) is 1.41. The van der Waals surface area contributed by atoms with E-state index in [1.54, 1.807) is 30.3 Å². The number of morpholine rings is 1. The van der Waals surface area contributed by atoms with Crippen molar-refractivity contribution in [2.75, 3.05) is 26.3 Å². The van der Waals surface area contributed by atoms with Gasteiger partial charge in [-0.05, 0) is 35.9 Å². The number of phenolic OH excluding ortho intramolecular Hbond substituents is 1. The van der Waals surface area contributed by atoms with Crippen molar-refractivity contribution in [3.05, 3.63) is 64.3 Å². The summed E-state index contributed by atoms with van der Waals surface area (Å²) in [7, 11) is 0. The normalized spacial score (nSPS) is 15.4. The van der Waals surface area contributed by atoms with E-state index in [0.717, 1.165) is 13.1 Å². The van der Waals surface area contributed by atoms with Crippen molar-refractivity contribution in [1.29, 1.82) is 0 Å². The standard InChI is InChI=1S/C20H18FNO4/c21-15-4-1-13(2-5-15)16-11-14-3-6-18(23)17(19(14)26-20(16)24)12-22-7-9-25-10-8-22/h1-6,11,23H,7-10,12H2. The van der Waals surface area contributed by atoms with Crippen LogP contribution < -0.4 is 5.63 Å². The summed E-state index contributed by atoms with van der Waals surface area (Å²) >= 11 is 0. The summed E-state index contributed by atoms with van der Waals surface area (Å²) in [6, 6.07) is 10.7. The molecule has 134 valence electrons. The van der Waals surface area contributed by atoms with Crippen molar-refractivity contribution in [2.24, 2.45) is 0 Å². The number of benzene rings is 2. The van der Waals surface area contributed by atoms with E-state index in [-0.39, 0.29) is 11.6 Å². The van der Waals surface area contributed by atoms with Crippen molar-refractivity contribution < 1.29 is 18.7 Å². The third kappa shape index (κ3) is 3.21. The van der Waals surface area contributed by atoms with Gasteiger partial charge in [-0.1, -0.05) is 12.1 Å². The molecule has 2 aromatic carbocycles. The Morgan fingerprint density at radius 1 is 1.08 bits per heavy atom. The third-order valence-electron chi connectivity index (χ3n) is 4.62. The number of fused-ring (bicyclic) bond motifs is 1. The molecule has 1 aliphatic rings. The van der Waals surface area contributed by atoms with Crippen LogP contribution in [0.25, 0.3) is 22.1 Å². The number of halogens is 1. The van der Waals surface area contributed by atoms with Gasteiger partial charge in [-0.25, -0.2) is 9.18 Å². The number of phenols is 1. The first-order chi connectivity index (χ1) is 12.6. The largest absolute Gasteiger partial charge is 0.507 e. The van der Waals surface area contributed by atoms with Gasteiger partial charge < -0.3 is 14.3 Å². The lowest BCUT2D eigenvalue weighted by Crippen LogP contribution is -2.35. The lowest BCUT2D eigenvalue weighted by atomic mass is 10.0. The van der Waals surface area contributed by atoms with Crippen LogP contribution in [-0.2, 0) is 11.3 Å². The van der Waals surface area contributed by atoms with Gasteiger partial charge in [0.05, 0.1) is 24.3 Å². The van der Waals surface area contributed by atoms with E-state index in [1.807, 2.05) is 0 Å². The highest BCUT2D eigenvalue weighted by molar-refractivity contribution is 5.85. The first-order valence-electron chi connectivity index (χ1n) is 8.46. The first kappa shape index (κ1) is 16.8. The SMILES string of the molecule is O=c1oc2c(CN3CCOCC3)c(O)ccc2cc1-c1ccc(F)cc1. The topological polar surface area (TPSA) is 62.9 Å². The van der Waals surface area contributed by atoms with Crippen molar-refractivity contribution >= 4 is 11.0 Å². The lowest BCUT2D eigenvalue weighted by molar-refractivity contribution is 0.0339. The van der Waals surface area contributed by atoms with E-state index in [0.29, 0.717) is 47.4 Å². The zero-order chi connectivity index (χ0) is 18.1. The molecule has 5 nitrogen and oxygen atoms in total. The third-order valence-corrected chi connectivity index (χ3v) is 4.62. The zero-order valence-corrected chi connectivity index (χ0v) is 14.1. The van der Waals surface area contributed by atoms with Gasteiger partial charge in [-0.15, -0.1) is 0 Å². The summed E-state index contributed by atoms with van der Waals surface area (Å²) in [4.78, 5) is 14.6. The monoisotopic (exact) mass is 355 g/mol. The van der Waals surface area contributed by atoms with Crippen LogP contribution in [-0.4, -0.2) is 36.3 Å². The Labute approximate surface area is 149 Å². The molecule has 0 amide bonds. The second-order valence-electron chi connectivity index (χ2n) is 6.32. The van der Waals surface area contributed by atoms with Crippen LogP contribution in [0.3, 0.4) is 0 Å². The minimum absolute atomic E-state index is 0.0988. The molecule has 3 aromatic rings. The summed E-state index contributed by atoms with van der Waals surface area (Å²) in [6.07, 6.45) is 0. The molecule has 1 saturated heterocycles. The molecule has 0 aliphatic carbocycles. The number of rotatable bonds is 3. The summed E-state index contributed by atoms with van der Waals surface area (Å²) < 4.78 is 24.0. The van der Waals surface area contributed by atoms with Gasteiger partial charge in [0, 0.05) is 25.0 Å². The Kier molecular flexibility index (Phi) is 4.44. The molecule has 0 unspecified atom stereocenters. The number of ether oxygens (including phenoxy) is 1. The van der Waals surface area contributed by atoms with E-state index in [9.17, 15) is 14.3 Å². The van der Waals surface area contributed by atoms with Gasteiger partial charge in [0.15, 0.2) is 0 Å². The Balaban J connectivity index is 1.79. The van der Waals surface area contributed by atoms with Crippen LogP contribution >= 0.6 is 0 Å². The summed E-state index contributed by atoms with van der Waals surface area (Å²) in [6.45, 7) is 3.28. The minimum atomic E-state index is -0.516. The van der Waals surface area contributed by atoms with Crippen LogP contribution in [0.5, 0.6) is 5.75 Å². The second-order valence-corrected chi connectivity index (χ2v) is 6.32. The number of aromatic hydroxyl groups is 1. The van der Waals surface area contributed by atoms with Gasteiger partial charge >= 0.3 is 5.63 Å². The van der Waals surface area contributed by atoms with E-state index in [1.165, 1.54) is 12.1 Å². The summed E-state index contributed by atoms with van der Waals surface area (Å²) in [5.74, 6) is -0.265. The maximum absolute atomic E-state index is 13.1. The molecule has 6 heteroatoms. The molecule has 26 heavy (non-hydrogen) atoms. The first-order valence-corrected chi connectivity index (χ1v) is 8.46. The molecule has 0 radical (unpaired) electrons. The molecule has 0 spiro atoms. The van der Waals surface area contributed by atoms with Crippen LogP contribution in [0, 0.1) is 5.82 Å². The fraction of sp³-hybridized carbons (Fsp3) is 0.250. The maximum atomic E-state index is 13.1. The molecule has 0 bridgehead atoms. The van der Waals surface area contributed by atoms with E-state index >= 15 is 0 Å². The second kappa shape index (κ2) is 6.90. The van der Waals surface area contributed by atoms with Crippen LogP contribution in [0.1, 0.15) is 5.56 Å². The number of hydrogen-bond acceptors (Lipinski definition) is 5. The molecule has 2 heterocycles. The van der Waals surface area contributed by atoms with E-state index in [2.05, 4.69) is 4.90 Å². The van der Waals surface area contributed by atoms with Gasteiger partial charge in [0.2, 0.25) is 0 Å². The number of nitrogens with zero attached hydrogens (tertiary/aromatic N) is 1. The van der Waals surface area contributed by atoms with Crippen LogP contribution in [0.2, 0.25) is 0 Å². The van der Waals surface area contributed by atoms with E-state index in [4.69, 9.17) is 9.15 Å².